The number of anilines is 1. The first-order valence-corrected chi connectivity index (χ1v) is 6.14. The highest BCUT2D eigenvalue weighted by atomic mass is 16.3. The van der Waals surface area contributed by atoms with Gasteiger partial charge in [0.05, 0.1) is 6.54 Å². The van der Waals surface area contributed by atoms with Crippen LogP contribution in [-0.4, -0.2) is 17.9 Å². The second kappa shape index (κ2) is 5.18. The molecule has 0 saturated heterocycles. The lowest BCUT2D eigenvalue weighted by atomic mass is 10.1. The fourth-order valence-electron chi connectivity index (χ4n) is 1.87. The van der Waals surface area contributed by atoms with Crippen molar-refractivity contribution >= 4 is 11.6 Å². The first-order chi connectivity index (χ1) is 8.97. The maximum absolute atomic E-state index is 12.2. The third-order valence-corrected chi connectivity index (χ3v) is 3.06. The van der Waals surface area contributed by atoms with E-state index in [1.54, 1.807) is 24.1 Å². The zero-order valence-corrected chi connectivity index (χ0v) is 11.4. The molecule has 0 aliphatic rings. The molecule has 2 aromatic rings. The summed E-state index contributed by atoms with van der Waals surface area (Å²) in [5.41, 5.74) is 8.02. The van der Waals surface area contributed by atoms with Crippen molar-refractivity contribution in [2.24, 2.45) is 0 Å². The van der Waals surface area contributed by atoms with Gasteiger partial charge in [-0.1, -0.05) is 6.07 Å². The molecule has 100 valence electrons. The molecule has 0 radical (unpaired) electrons. The summed E-state index contributed by atoms with van der Waals surface area (Å²) in [5.74, 6) is 1.55. The Hall–Kier alpha value is -2.23. The molecule has 0 atom stereocenters. The lowest BCUT2D eigenvalue weighted by Gasteiger charge is -2.16. The Kier molecular flexibility index (Phi) is 3.60. The number of hydrogen-bond acceptors (Lipinski definition) is 3. The molecule has 1 heterocycles. The number of benzene rings is 1. The van der Waals surface area contributed by atoms with Crippen molar-refractivity contribution in [1.29, 1.82) is 0 Å². The summed E-state index contributed by atoms with van der Waals surface area (Å²) < 4.78 is 5.46. The highest BCUT2D eigenvalue weighted by molar-refractivity contribution is 5.95. The van der Waals surface area contributed by atoms with Gasteiger partial charge in [0, 0.05) is 18.3 Å². The van der Waals surface area contributed by atoms with Crippen LogP contribution in [0.2, 0.25) is 0 Å². The van der Waals surface area contributed by atoms with Gasteiger partial charge in [0.15, 0.2) is 0 Å². The normalized spacial score (nSPS) is 10.5. The Morgan fingerprint density at radius 1 is 1.26 bits per heavy atom. The quantitative estimate of drug-likeness (QED) is 0.861. The summed E-state index contributed by atoms with van der Waals surface area (Å²) in [7, 11) is 1.75. The SMILES string of the molecule is Cc1ccc(CN(C)C(=O)c2ccc(C)c(N)c2)o1. The topological polar surface area (TPSA) is 59.5 Å². The van der Waals surface area contributed by atoms with Crippen molar-refractivity contribution in [3.63, 3.8) is 0 Å². The Morgan fingerprint density at radius 2 is 2.00 bits per heavy atom. The highest BCUT2D eigenvalue weighted by Crippen LogP contribution is 2.16. The van der Waals surface area contributed by atoms with Crippen LogP contribution in [0.3, 0.4) is 0 Å². The van der Waals surface area contributed by atoms with Crippen molar-refractivity contribution in [2.45, 2.75) is 20.4 Å². The molecule has 1 aromatic heterocycles. The molecule has 4 nitrogen and oxygen atoms in total. The minimum Gasteiger partial charge on any atom is -0.464 e. The molecule has 1 amide bonds. The number of nitrogens with two attached hydrogens (primary N) is 1. The Bertz CT molecular complexity index is 602. The fraction of sp³-hybridized carbons (Fsp3) is 0.267. The second-order valence-electron chi connectivity index (χ2n) is 4.74. The first-order valence-electron chi connectivity index (χ1n) is 6.14. The molecule has 0 saturated carbocycles. The highest BCUT2D eigenvalue weighted by Gasteiger charge is 2.14. The van der Waals surface area contributed by atoms with Crippen molar-refractivity contribution in [1.82, 2.24) is 4.90 Å². The van der Waals surface area contributed by atoms with Gasteiger partial charge >= 0.3 is 0 Å². The van der Waals surface area contributed by atoms with Crippen LogP contribution in [0.25, 0.3) is 0 Å². The molecule has 0 unspecified atom stereocenters. The van der Waals surface area contributed by atoms with Crippen LogP contribution in [0.5, 0.6) is 0 Å². The number of hydrogen-bond donors (Lipinski definition) is 1. The molecule has 0 bridgehead atoms. The first kappa shape index (κ1) is 13.2. The Balaban J connectivity index is 2.12. The van der Waals surface area contributed by atoms with Gasteiger partial charge in [-0.3, -0.25) is 4.79 Å². The number of nitrogens with zero attached hydrogens (tertiary/aromatic N) is 1. The van der Waals surface area contributed by atoms with Crippen LogP contribution in [0.4, 0.5) is 5.69 Å². The van der Waals surface area contributed by atoms with E-state index in [2.05, 4.69) is 0 Å². The van der Waals surface area contributed by atoms with Crippen LogP contribution in [0, 0.1) is 13.8 Å². The molecule has 0 fully saturated rings. The molecule has 1 aromatic carbocycles. The predicted molar refractivity (Wildman–Crippen MR) is 74.8 cm³/mol. The largest absolute Gasteiger partial charge is 0.464 e. The van der Waals surface area contributed by atoms with E-state index in [0.717, 1.165) is 17.1 Å². The third-order valence-electron chi connectivity index (χ3n) is 3.06. The maximum Gasteiger partial charge on any atom is 0.254 e. The van der Waals surface area contributed by atoms with Crippen LogP contribution < -0.4 is 5.73 Å². The van der Waals surface area contributed by atoms with Crippen LogP contribution in [0.1, 0.15) is 27.4 Å². The number of carbonyl (C=O) groups is 1. The van der Waals surface area contributed by atoms with Gasteiger partial charge in [0.1, 0.15) is 11.5 Å². The summed E-state index contributed by atoms with van der Waals surface area (Å²) in [6.45, 7) is 4.24. The second-order valence-corrected chi connectivity index (χ2v) is 4.74. The summed E-state index contributed by atoms with van der Waals surface area (Å²) in [6.07, 6.45) is 0. The van der Waals surface area contributed by atoms with Crippen LogP contribution in [-0.2, 0) is 6.54 Å². The third kappa shape index (κ3) is 2.96. The predicted octanol–water partition coefficient (Wildman–Crippen LogP) is 2.75. The molecule has 4 heteroatoms. The average molecular weight is 258 g/mol. The minimum absolute atomic E-state index is 0.0687. The van der Waals surface area contributed by atoms with Gasteiger partial charge in [-0.05, 0) is 43.7 Å². The lowest BCUT2D eigenvalue weighted by Crippen LogP contribution is -2.26. The van der Waals surface area contributed by atoms with E-state index in [1.165, 1.54) is 0 Å². The Morgan fingerprint density at radius 3 is 2.58 bits per heavy atom. The van der Waals surface area contributed by atoms with Crippen molar-refractivity contribution in [2.75, 3.05) is 12.8 Å². The molecule has 0 aliphatic heterocycles. The van der Waals surface area contributed by atoms with Crippen molar-refractivity contribution in [3.05, 3.63) is 53.0 Å². The summed E-state index contributed by atoms with van der Waals surface area (Å²) in [6, 6.07) is 9.12. The molecule has 19 heavy (non-hydrogen) atoms. The van der Waals surface area contributed by atoms with E-state index in [-0.39, 0.29) is 5.91 Å². The van der Waals surface area contributed by atoms with E-state index >= 15 is 0 Å². The Labute approximate surface area is 112 Å². The van der Waals surface area contributed by atoms with Crippen LogP contribution in [0.15, 0.2) is 34.7 Å². The monoisotopic (exact) mass is 258 g/mol. The smallest absolute Gasteiger partial charge is 0.254 e. The van der Waals surface area contributed by atoms with Crippen LogP contribution >= 0.6 is 0 Å². The molecular weight excluding hydrogens is 240 g/mol. The number of amides is 1. The van der Waals surface area contributed by atoms with Crippen molar-refractivity contribution in [3.8, 4) is 0 Å². The van der Waals surface area contributed by atoms with E-state index in [9.17, 15) is 4.79 Å². The zero-order valence-electron chi connectivity index (χ0n) is 11.4. The van der Waals surface area contributed by atoms with E-state index in [1.807, 2.05) is 32.0 Å². The van der Waals surface area contributed by atoms with E-state index in [0.29, 0.717) is 17.8 Å². The summed E-state index contributed by atoms with van der Waals surface area (Å²) in [5, 5.41) is 0. The zero-order chi connectivity index (χ0) is 14.0. The average Bonchev–Trinajstić information content (AvgIpc) is 2.77. The number of furan rings is 1. The lowest BCUT2D eigenvalue weighted by molar-refractivity contribution is 0.0775. The fourth-order valence-corrected chi connectivity index (χ4v) is 1.87. The molecular formula is C15H18N2O2. The van der Waals surface area contributed by atoms with Gasteiger partial charge in [-0.2, -0.15) is 0 Å². The summed E-state index contributed by atoms with van der Waals surface area (Å²) in [4.78, 5) is 13.9. The van der Waals surface area contributed by atoms with Gasteiger partial charge in [-0.15, -0.1) is 0 Å². The number of nitrogen functional groups attached to an aromatic ring is 1. The van der Waals surface area contributed by atoms with Gasteiger partial charge < -0.3 is 15.1 Å². The standard InChI is InChI=1S/C15H18N2O2/c1-10-4-6-12(8-14(10)16)15(18)17(3)9-13-7-5-11(2)19-13/h4-8H,9,16H2,1-3H3. The summed E-state index contributed by atoms with van der Waals surface area (Å²) >= 11 is 0. The molecule has 0 spiro atoms. The van der Waals surface area contributed by atoms with Gasteiger partial charge in [-0.25, -0.2) is 0 Å². The number of rotatable bonds is 3. The van der Waals surface area contributed by atoms with E-state index < -0.39 is 0 Å². The number of carbonyl (C=O) groups excluding carboxylic acids is 1. The number of aryl methyl sites for hydroxylation is 2. The van der Waals surface area contributed by atoms with E-state index in [4.69, 9.17) is 10.2 Å². The molecule has 2 N–H and O–H groups in total. The van der Waals surface area contributed by atoms with Gasteiger partial charge in [0.25, 0.3) is 5.91 Å². The van der Waals surface area contributed by atoms with Crippen molar-refractivity contribution < 1.29 is 9.21 Å². The minimum atomic E-state index is -0.0687. The molecule has 0 aliphatic carbocycles. The maximum atomic E-state index is 12.2. The molecule has 2 rings (SSSR count). The van der Waals surface area contributed by atoms with Gasteiger partial charge in [0.2, 0.25) is 0 Å².